The summed E-state index contributed by atoms with van der Waals surface area (Å²) in [7, 11) is 0. The van der Waals surface area contributed by atoms with Crippen molar-refractivity contribution in [1.82, 2.24) is 5.43 Å². The molecule has 4 rings (SSSR count). The quantitative estimate of drug-likeness (QED) is 0.234. The zero-order valence-corrected chi connectivity index (χ0v) is 22.4. The highest BCUT2D eigenvalue weighted by molar-refractivity contribution is 7.80. The summed E-state index contributed by atoms with van der Waals surface area (Å²) < 4.78 is 0. The van der Waals surface area contributed by atoms with Gasteiger partial charge in [-0.3, -0.25) is 5.43 Å². The van der Waals surface area contributed by atoms with Gasteiger partial charge >= 0.3 is 0 Å². The molecular weight excluding hydrogens is 426 g/mol. The van der Waals surface area contributed by atoms with E-state index in [1.54, 1.807) is 0 Å². The fraction of sp³-hybridized carbons (Fsp3) is 0.857. The van der Waals surface area contributed by atoms with Crippen molar-refractivity contribution < 1.29 is 5.11 Å². The molecule has 0 amide bonds. The number of aliphatic hydroxyl groups is 1. The highest BCUT2D eigenvalue weighted by atomic mass is 32.1. The van der Waals surface area contributed by atoms with E-state index in [1.165, 1.54) is 56.1 Å². The number of hydrazone groups is 1. The molecule has 0 aliphatic heterocycles. The molecule has 4 nitrogen and oxygen atoms in total. The molecule has 0 heterocycles. The molecule has 186 valence electrons. The predicted octanol–water partition coefficient (Wildman–Crippen LogP) is 6.19. The number of hydrogen-bond acceptors (Lipinski definition) is 3. The van der Waals surface area contributed by atoms with Crippen molar-refractivity contribution in [1.29, 1.82) is 0 Å². The third-order valence-electron chi connectivity index (χ3n) is 10.5. The molecule has 8 atom stereocenters. The van der Waals surface area contributed by atoms with Gasteiger partial charge in [0.1, 0.15) is 0 Å². The fourth-order valence-electron chi connectivity index (χ4n) is 8.89. The summed E-state index contributed by atoms with van der Waals surface area (Å²) in [6, 6.07) is 0. The summed E-state index contributed by atoms with van der Waals surface area (Å²) in [4.78, 5) is 0. The lowest BCUT2D eigenvalue weighted by Gasteiger charge is -2.52. The van der Waals surface area contributed by atoms with Gasteiger partial charge < -0.3 is 10.8 Å². The number of aliphatic hydroxyl groups excluding tert-OH is 1. The van der Waals surface area contributed by atoms with E-state index >= 15 is 0 Å². The molecular formula is C28H47N3OS. The number of fused-ring (bicyclic) bond motifs is 5. The van der Waals surface area contributed by atoms with E-state index in [0.717, 1.165) is 37.0 Å². The van der Waals surface area contributed by atoms with Crippen LogP contribution in [0.1, 0.15) is 98.8 Å². The van der Waals surface area contributed by atoms with Gasteiger partial charge in [-0.15, -0.1) is 0 Å². The van der Waals surface area contributed by atoms with Gasteiger partial charge in [-0.2, -0.15) is 5.10 Å². The highest BCUT2D eigenvalue weighted by Crippen LogP contribution is 2.70. The molecule has 5 heteroatoms. The van der Waals surface area contributed by atoms with Crippen molar-refractivity contribution in [2.75, 3.05) is 0 Å². The molecule has 0 radical (unpaired) electrons. The molecule has 0 aromatic heterocycles. The second-order valence-electron chi connectivity index (χ2n) is 12.8. The SMILES string of the molecule is CC(C)CCC[C@@H](C)[C@H]1CCC2C3C(/C=N/NC(N)=S)=C4C[C@@H](O)CC[C@]4(C)C3CC[C@@]21C. The first-order chi connectivity index (χ1) is 15.6. The number of thiocarbonyl (C=S) groups is 1. The summed E-state index contributed by atoms with van der Waals surface area (Å²) in [6.45, 7) is 12.3. The lowest BCUT2D eigenvalue weighted by Crippen LogP contribution is -2.45. The third-order valence-corrected chi connectivity index (χ3v) is 10.6. The average molecular weight is 474 g/mol. The normalized spacial score (nSPS) is 41.2. The maximum atomic E-state index is 10.6. The van der Waals surface area contributed by atoms with E-state index in [1.807, 2.05) is 6.21 Å². The van der Waals surface area contributed by atoms with Crippen molar-refractivity contribution in [2.24, 2.45) is 57.2 Å². The molecule has 3 saturated carbocycles. The van der Waals surface area contributed by atoms with Crippen LogP contribution in [-0.2, 0) is 0 Å². The first kappa shape index (κ1) is 25.2. The summed E-state index contributed by atoms with van der Waals surface area (Å²) in [5.74, 6) is 4.39. The number of nitrogens with one attached hydrogen (secondary N) is 1. The average Bonchev–Trinajstić information content (AvgIpc) is 3.20. The monoisotopic (exact) mass is 473 g/mol. The van der Waals surface area contributed by atoms with Crippen LogP contribution in [-0.4, -0.2) is 22.5 Å². The summed E-state index contributed by atoms with van der Waals surface area (Å²) in [6.07, 6.45) is 14.1. The smallest absolute Gasteiger partial charge is 0.184 e. The van der Waals surface area contributed by atoms with Crippen LogP contribution in [0.25, 0.3) is 0 Å². The highest BCUT2D eigenvalue weighted by Gasteiger charge is 2.62. The minimum Gasteiger partial charge on any atom is -0.393 e. The van der Waals surface area contributed by atoms with Gasteiger partial charge in [0, 0.05) is 0 Å². The molecule has 0 bridgehead atoms. The Morgan fingerprint density at radius 3 is 2.61 bits per heavy atom. The third kappa shape index (κ3) is 4.53. The molecule has 4 N–H and O–H groups in total. The topological polar surface area (TPSA) is 70.6 Å². The molecule has 0 aromatic rings. The first-order valence-electron chi connectivity index (χ1n) is 13.6. The number of nitrogens with zero attached hydrogens (tertiary/aromatic N) is 1. The van der Waals surface area contributed by atoms with Crippen LogP contribution < -0.4 is 11.2 Å². The van der Waals surface area contributed by atoms with Crippen LogP contribution in [0.2, 0.25) is 0 Å². The van der Waals surface area contributed by atoms with E-state index in [-0.39, 0.29) is 16.6 Å². The second-order valence-corrected chi connectivity index (χ2v) is 13.2. The Labute approximate surface area is 207 Å². The van der Waals surface area contributed by atoms with Crippen LogP contribution in [0, 0.1) is 46.3 Å². The number of nitrogens with two attached hydrogens (primary N) is 1. The standard InChI is InChI=1S/C28H47N3OS/c1-17(2)7-6-8-18(3)21-9-10-22-25-20(16-30-31-26(29)33)24-15-19(32)11-13-28(24,5)23(25)12-14-27(21,22)4/h16-19,21-23,25,32H,6-15H2,1-5H3,(H3,29,31,33)/b30-16+/t18-,19+,21-,22?,23?,25?,27-,28-/m1/s1. The maximum absolute atomic E-state index is 10.6. The van der Waals surface area contributed by atoms with Gasteiger partial charge in [0.2, 0.25) is 0 Å². The molecule has 0 aromatic carbocycles. The minimum absolute atomic E-state index is 0.205. The van der Waals surface area contributed by atoms with Crippen LogP contribution in [0.3, 0.4) is 0 Å². The minimum atomic E-state index is -0.219. The number of rotatable bonds is 7. The largest absolute Gasteiger partial charge is 0.393 e. The predicted molar refractivity (Wildman–Crippen MR) is 142 cm³/mol. The Balaban J connectivity index is 1.62. The summed E-state index contributed by atoms with van der Waals surface area (Å²) in [5, 5.41) is 15.2. The van der Waals surface area contributed by atoms with E-state index in [9.17, 15) is 5.11 Å². The van der Waals surface area contributed by atoms with Gasteiger partial charge in [0.05, 0.1) is 12.3 Å². The second kappa shape index (κ2) is 9.60. The summed E-state index contributed by atoms with van der Waals surface area (Å²) in [5.41, 5.74) is 11.9. The Morgan fingerprint density at radius 2 is 1.91 bits per heavy atom. The molecule has 3 unspecified atom stereocenters. The van der Waals surface area contributed by atoms with Crippen LogP contribution in [0.4, 0.5) is 0 Å². The van der Waals surface area contributed by atoms with Crippen molar-refractivity contribution >= 4 is 23.5 Å². The lowest BCUT2D eigenvalue weighted by atomic mass is 9.52. The molecule has 4 aliphatic rings. The zero-order chi connectivity index (χ0) is 24.0. The van der Waals surface area contributed by atoms with Crippen LogP contribution in [0.15, 0.2) is 16.2 Å². The zero-order valence-electron chi connectivity index (χ0n) is 21.6. The maximum Gasteiger partial charge on any atom is 0.184 e. The van der Waals surface area contributed by atoms with E-state index in [0.29, 0.717) is 23.2 Å². The van der Waals surface area contributed by atoms with Gasteiger partial charge in [0.25, 0.3) is 0 Å². The van der Waals surface area contributed by atoms with Gasteiger partial charge in [0.15, 0.2) is 5.11 Å². The molecule has 0 spiro atoms. The Kier molecular flexibility index (Phi) is 7.32. The van der Waals surface area contributed by atoms with Gasteiger partial charge in [-0.05, 0) is 109 Å². The first-order valence-corrected chi connectivity index (χ1v) is 14.0. The molecule has 0 saturated heterocycles. The summed E-state index contributed by atoms with van der Waals surface area (Å²) >= 11 is 4.99. The number of hydrogen-bond donors (Lipinski definition) is 3. The fourth-order valence-corrected chi connectivity index (χ4v) is 8.94. The molecule has 33 heavy (non-hydrogen) atoms. The Bertz CT molecular complexity index is 807. The van der Waals surface area contributed by atoms with Crippen LogP contribution in [0.5, 0.6) is 0 Å². The van der Waals surface area contributed by atoms with Gasteiger partial charge in [-0.1, -0.05) is 59.5 Å². The Hall–Kier alpha value is -0.940. The van der Waals surface area contributed by atoms with Gasteiger partial charge in [-0.25, -0.2) is 0 Å². The van der Waals surface area contributed by atoms with E-state index in [2.05, 4.69) is 45.1 Å². The molecule has 4 aliphatic carbocycles. The van der Waals surface area contributed by atoms with E-state index in [4.69, 9.17) is 18.0 Å². The lowest BCUT2D eigenvalue weighted by molar-refractivity contribution is -0.0201. The van der Waals surface area contributed by atoms with Crippen molar-refractivity contribution in [2.45, 2.75) is 105 Å². The van der Waals surface area contributed by atoms with Crippen molar-refractivity contribution in [3.05, 3.63) is 11.1 Å². The Morgan fingerprint density at radius 1 is 1.15 bits per heavy atom. The number of allylic oxidation sites excluding steroid dienone is 1. The van der Waals surface area contributed by atoms with Crippen molar-refractivity contribution in [3.63, 3.8) is 0 Å². The van der Waals surface area contributed by atoms with Crippen LogP contribution >= 0.6 is 12.2 Å². The van der Waals surface area contributed by atoms with E-state index < -0.39 is 0 Å². The van der Waals surface area contributed by atoms with Crippen molar-refractivity contribution in [3.8, 4) is 0 Å². The molecule has 3 fully saturated rings.